The molecule has 0 atom stereocenters. The second kappa shape index (κ2) is 5.19. The normalized spacial score (nSPS) is 20.4. The lowest BCUT2D eigenvalue weighted by Crippen LogP contribution is -2.55. The topological polar surface area (TPSA) is 32.3 Å². The summed E-state index contributed by atoms with van der Waals surface area (Å²) in [7, 11) is 0. The van der Waals surface area contributed by atoms with Crippen molar-refractivity contribution >= 4 is 34.2 Å². The first kappa shape index (κ1) is 13.8. The molecule has 1 saturated carbocycles. The summed E-state index contributed by atoms with van der Waals surface area (Å²) < 4.78 is 0.888. The van der Waals surface area contributed by atoms with Crippen molar-refractivity contribution in [3.05, 3.63) is 34.3 Å². The third-order valence-electron chi connectivity index (χ3n) is 3.72. The van der Waals surface area contributed by atoms with Crippen LogP contribution in [-0.4, -0.2) is 36.0 Å². The third-order valence-corrected chi connectivity index (χ3v) is 4.41. The first-order valence-corrected chi connectivity index (χ1v) is 6.79. The fourth-order valence-electron chi connectivity index (χ4n) is 2.53. The van der Waals surface area contributed by atoms with E-state index < -0.39 is 0 Å². The van der Waals surface area contributed by atoms with Crippen molar-refractivity contribution in [1.82, 2.24) is 10.2 Å². The number of carbonyl (C=O) groups is 1. The average molecular weight is 332 g/mol. The van der Waals surface area contributed by atoms with Gasteiger partial charge in [-0.15, -0.1) is 12.4 Å². The standard InChI is InChI=1S/C13H15BrN2O.ClH/c14-11-4-2-1-3-10(11)12(17)16-8-7-15-9-13(16)5-6-13;/h1-4,15H,5-9H2;1H. The molecule has 2 aliphatic rings. The van der Waals surface area contributed by atoms with Crippen LogP contribution in [0.5, 0.6) is 0 Å². The van der Waals surface area contributed by atoms with Crippen LogP contribution >= 0.6 is 28.3 Å². The molecular weight excluding hydrogens is 316 g/mol. The molecule has 1 aromatic rings. The van der Waals surface area contributed by atoms with Crippen LogP contribution in [0.3, 0.4) is 0 Å². The molecule has 1 amide bonds. The van der Waals surface area contributed by atoms with E-state index >= 15 is 0 Å². The van der Waals surface area contributed by atoms with Gasteiger partial charge in [0.1, 0.15) is 0 Å². The smallest absolute Gasteiger partial charge is 0.255 e. The van der Waals surface area contributed by atoms with Gasteiger partial charge in [0, 0.05) is 24.1 Å². The lowest BCUT2D eigenvalue weighted by Gasteiger charge is -2.37. The van der Waals surface area contributed by atoms with E-state index in [4.69, 9.17) is 0 Å². The van der Waals surface area contributed by atoms with Gasteiger partial charge in [-0.2, -0.15) is 0 Å². The van der Waals surface area contributed by atoms with Crippen molar-refractivity contribution in [2.24, 2.45) is 0 Å². The van der Waals surface area contributed by atoms with Crippen LogP contribution in [0.4, 0.5) is 0 Å². The Labute approximate surface area is 121 Å². The second-order valence-electron chi connectivity index (χ2n) is 4.84. The van der Waals surface area contributed by atoms with Crippen LogP contribution in [0.1, 0.15) is 23.2 Å². The number of hydrogen-bond donors (Lipinski definition) is 1. The summed E-state index contributed by atoms with van der Waals surface area (Å²) in [5, 5.41) is 3.38. The minimum absolute atomic E-state index is 0. The molecule has 1 heterocycles. The maximum atomic E-state index is 12.5. The first-order valence-electron chi connectivity index (χ1n) is 6.00. The summed E-state index contributed by atoms with van der Waals surface area (Å²) in [5.74, 6) is 0.163. The SMILES string of the molecule is Cl.O=C(c1ccccc1Br)N1CCNCC12CC2. The number of nitrogens with one attached hydrogen (secondary N) is 1. The first-order chi connectivity index (χ1) is 8.23. The summed E-state index contributed by atoms with van der Waals surface area (Å²) in [5.41, 5.74) is 0.894. The van der Waals surface area contributed by atoms with Gasteiger partial charge >= 0.3 is 0 Å². The van der Waals surface area contributed by atoms with E-state index in [1.807, 2.05) is 24.3 Å². The number of rotatable bonds is 1. The molecule has 0 aromatic heterocycles. The Morgan fingerprint density at radius 2 is 2.06 bits per heavy atom. The molecule has 1 spiro atoms. The Morgan fingerprint density at radius 1 is 1.33 bits per heavy atom. The van der Waals surface area contributed by atoms with Crippen LogP contribution in [-0.2, 0) is 0 Å². The van der Waals surface area contributed by atoms with Gasteiger partial charge in [-0.1, -0.05) is 12.1 Å². The Hall–Kier alpha value is -0.580. The van der Waals surface area contributed by atoms with Crippen molar-refractivity contribution in [2.75, 3.05) is 19.6 Å². The van der Waals surface area contributed by atoms with E-state index in [1.165, 1.54) is 0 Å². The van der Waals surface area contributed by atoms with Gasteiger partial charge in [0.15, 0.2) is 0 Å². The molecule has 1 saturated heterocycles. The zero-order valence-electron chi connectivity index (χ0n) is 9.99. The summed E-state index contributed by atoms with van der Waals surface area (Å²) in [6, 6.07) is 7.67. The van der Waals surface area contributed by atoms with Crippen LogP contribution in [0.15, 0.2) is 28.7 Å². The molecule has 3 nitrogen and oxygen atoms in total. The Balaban J connectivity index is 0.00000120. The fraction of sp³-hybridized carbons (Fsp3) is 0.462. The van der Waals surface area contributed by atoms with E-state index in [0.29, 0.717) is 0 Å². The number of piperazine rings is 1. The summed E-state index contributed by atoms with van der Waals surface area (Å²) in [6.45, 7) is 2.67. The van der Waals surface area contributed by atoms with Crippen molar-refractivity contribution in [3.8, 4) is 0 Å². The van der Waals surface area contributed by atoms with E-state index in [1.54, 1.807) is 0 Å². The second-order valence-corrected chi connectivity index (χ2v) is 5.69. The summed E-state index contributed by atoms with van der Waals surface area (Å²) in [4.78, 5) is 14.6. The van der Waals surface area contributed by atoms with E-state index in [9.17, 15) is 4.79 Å². The summed E-state index contributed by atoms with van der Waals surface area (Å²) >= 11 is 3.46. The highest BCUT2D eigenvalue weighted by molar-refractivity contribution is 9.10. The molecule has 1 aromatic carbocycles. The maximum Gasteiger partial charge on any atom is 0.255 e. The van der Waals surface area contributed by atoms with Crippen LogP contribution in [0.2, 0.25) is 0 Å². The zero-order chi connectivity index (χ0) is 11.9. The van der Waals surface area contributed by atoms with E-state index in [-0.39, 0.29) is 23.9 Å². The molecular formula is C13H16BrClN2O. The summed E-state index contributed by atoms with van der Waals surface area (Å²) in [6.07, 6.45) is 2.27. The maximum absolute atomic E-state index is 12.5. The average Bonchev–Trinajstić information content (AvgIpc) is 3.10. The van der Waals surface area contributed by atoms with Crippen molar-refractivity contribution in [3.63, 3.8) is 0 Å². The lowest BCUT2D eigenvalue weighted by molar-refractivity contribution is 0.0599. The molecule has 1 aliphatic carbocycles. The number of halogens is 2. The van der Waals surface area contributed by atoms with Crippen LogP contribution < -0.4 is 5.32 Å². The van der Waals surface area contributed by atoms with Crippen molar-refractivity contribution in [1.29, 1.82) is 0 Å². The van der Waals surface area contributed by atoms with Gasteiger partial charge in [-0.25, -0.2) is 0 Å². The number of hydrogen-bond acceptors (Lipinski definition) is 2. The van der Waals surface area contributed by atoms with Gasteiger partial charge in [0.25, 0.3) is 5.91 Å². The number of nitrogens with zero attached hydrogens (tertiary/aromatic N) is 1. The number of benzene rings is 1. The van der Waals surface area contributed by atoms with Crippen molar-refractivity contribution in [2.45, 2.75) is 18.4 Å². The van der Waals surface area contributed by atoms with E-state index in [2.05, 4.69) is 26.1 Å². The largest absolute Gasteiger partial charge is 0.330 e. The predicted octanol–water partition coefficient (Wildman–Crippen LogP) is 2.45. The highest BCUT2D eigenvalue weighted by Gasteiger charge is 2.51. The third kappa shape index (κ3) is 2.29. The zero-order valence-corrected chi connectivity index (χ0v) is 12.4. The lowest BCUT2D eigenvalue weighted by atomic mass is 10.1. The molecule has 98 valence electrons. The molecule has 1 aliphatic heterocycles. The van der Waals surface area contributed by atoms with Gasteiger partial charge in [0.2, 0.25) is 0 Å². The number of amides is 1. The van der Waals surface area contributed by atoms with Crippen LogP contribution in [0.25, 0.3) is 0 Å². The van der Waals surface area contributed by atoms with Gasteiger partial charge in [-0.3, -0.25) is 4.79 Å². The molecule has 1 N–H and O–H groups in total. The molecule has 0 radical (unpaired) electrons. The van der Waals surface area contributed by atoms with Gasteiger partial charge < -0.3 is 10.2 Å². The number of carbonyl (C=O) groups excluding carboxylic acids is 1. The Morgan fingerprint density at radius 3 is 2.72 bits per heavy atom. The highest BCUT2D eigenvalue weighted by Crippen LogP contribution is 2.43. The fourth-order valence-corrected chi connectivity index (χ4v) is 2.99. The predicted molar refractivity (Wildman–Crippen MR) is 77.3 cm³/mol. The van der Waals surface area contributed by atoms with Gasteiger partial charge in [0.05, 0.1) is 11.1 Å². The molecule has 5 heteroatoms. The van der Waals surface area contributed by atoms with Crippen molar-refractivity contribution < 1.29 is 4.79 Å². The van der Waals surface area contributed by atoms with Gasteiger partial charge in [-0.05, 0) is 40.9 Å². The van der Waals surface area contributed by atoms with Crippen LogP contribution in [0, 0.1) is 0 Å². The Kier molecular flexibility index (Phi) is 3.99. The highest BCUT2D eigenvalue weighted by atomic mass is 79.9. The Bertz CT molecular complexity index is 462. The molecule has 0 bridgehead atoms. The molecule has 0 unspecified atom stereocenters. The molecule has 3 rings (SSSR count). The monoisotopic (exact) mass is 330 g/mol. The molecule has 2 fully saturated rings. The minimum atomic E-state index is 0. The molecule has 18 heavy (non-hydrogen) atoms. The quantitative estimate of drug-likeness (QED) is 0.857. The minimum Gasteiger partial charge on any atom is -0.330 e. The van der Waals surface area contributed by atoms with E-state index in [0.717, 1.165) is 42.5 Å².